The van der Waals surface area contributed by atoms with Crippen LogP contribution in [0.2, 0.25) is 5.02 Å². The number of aromatic nitrogens is 1. The molecule has 0 saturated carbocycles. The van der Waals surface area contributed by atoms with Gasteiger partial charge in [-0.05, 0) is 48.0 Å². The molecule has 1 amide bonds. The predicted molar refractivity (Wildman–Crippen MR) is 103 cm³/mol. The predicted octanol–water partition coefficient (Wildman–Crippen LogP) is 4.56. The number of pyridine rings is 1. The molecule has 7 heteroatoms. The second-order valence-electron chi connectivity index (χ2n) is 5.72. The average molecular weight is 386 g/mol. The molecular formula is C20H17ClFN3O2. The smallest absolute Gasteiger partial charge is 0.270 e. The third-order valence-corrected chi connectivity index (χ3v) is 4.11. The lowest BCUT2D eigenvalue weighted by Crippen LogP contribution is -2.23. The van der Waals surface area contributed by atoms with Crippen LogP contribution in [0.5, 0.6) is 5.75 Å². The van der Waals surface area contributed by atoms with Gasteiger partial charge in [-0.1, -0.05) is 23.7 Å². The van der Waals surface area contributed by atoms with Crippen LogP contribution in [0, 0.1) is 5.82 Å². The summed E-state index contributed by atoms with van der Waals surface area (Å²) in [6, 6.07) is 15.1. The van der Waals surface area contributed by atoms with E-state index >= 15 is 0 Å². The van der Waals surface area contributed by atoms with Crippen molar-refractivity contribution < 1.29 is 13.9 Å². The van der Waals surface area contributed by atoms with Crippen LogP contribution >= 0.6 is 11.6 Å². The maximum Gasteiger partial charge on any atom is 0.270 e. The van der Waals surface area contributed by atoms with Gasteiger partial charge in [-0.2, -0.15) is 0 Å². The van der Waals surface area contributed by atoms with Gasteiger partial charge in [-0.25, -0.2) is 9.37 Å². The monoisotopic (exact) mass is 385 g/mol. The van der Waals surface area contributed by atoms with Crippen LogP contribution in [0.1, 0.15) is 16.1 Å². The van der Waals surface area contributed by atoms with Gasteiger partial charge in [-0.15, -0.1) is 0 Å². The normalized spacial score (nSPS) is 10.3. The second-order valence-corrected chi connectivity index (χ2v) is 6.12. The molecule has 3 aromatic rings. The van der Waals surface area contributed by atoms with E-state index < -0.39 is 5.82 Å². The number of carbonyl (C=O) groups is 1. The Hall–Kier alpha value is -3.12. The number of anilines is 2. The first-order valence-corrected chi connectivity index (χ1v) is 8.52. The molecule has 0 unspecified atom stereocenters. The summed E-state index contributed by atoms with van der Waals surface area (Å²) in [4.78, 5) is 16.4. The van der Waals surface area contributed by atoms with E-state index in [0.29, 0.717) is 23.6 Å². The second kappa shape index (κ2) is 8.51. The zero-order valence-corrected chi connectivity index (χ0v) is 15.3. The minimum atomic E-state index is -0.482. The van der Waals surface area contributed by atoms with Gasteiger partial charge in [0.05, 0.1) is 24.0 Å². The van der Waals surface area contributed by atoms with Crippen molar-refractivity contribution >= 4 is 28.9 Å². The minimum Gasteiger partial charge on any atom is -0.497 e. The molecule has 2 N–H and O–H groups in total. The van der Waals surface area contributed by atoms with Gasteiger partial charge in [0.2, 0.25) is 0 Å². The van der Waals surface area contributed by atoms with E-state index in [0.717, 1.165) is 11.3 Å². The van der Waals surface area contributed by atoms with Gasteiger partial charge >= 0.3 is 0 Å². The summed E-state index contributed by atoms with van der Waals surface area (Å²) in [6.45, 7) is 0.387. The third-order valence-electron chi connectivity index (χ3n) is 3.82. The topological polar surface area (TPSA) is 63.2 Å². The van der Waals surface area contributed by atoms with E-state index in [4.69, 9.17) is 16.3 Å². The molecule has 0 aliphatic heterocycles. The molecule has 0 aliphatic carbocycles. The van der Waals surface area contributed by atoms with Gasteiger partial charge in [0.1, 0.15) is 17.3 Å². The number of ether oxygens (including phenoxy) is 1. The van der Waals surface area contributed by atoms with Crippen molar-refractivity contribution in [3.05, 3.63) is 82.9 Å². The van der Waals surface area contributed by atoms with Crippen molar-refractivity contribution in [1.82, 2.24) is 10.3 Å². The molecule has 3 rings (SSSR count). The Morgan fingerprint density at radius 1 is 1.11 bits per heavy atom. The summed E-state index contributed by atoms with van der Waals surface area (Å²) < 4.78 is 18.3. The Morgan fingerprint density at radius 2 is 1.85 bits per heavy atom. The number of halogens is 2. The number of hydrogen-bond acceptors (Lipinski definition) is 4. The SMILES string of the molecule is COc1ccc(CNC(=O)c2ccc(Nc3ccc(F)c(Cl)c3)cn2)cc1. The third kappa shape index (κ3) is 4.95. The number of benzene rings is 2. The van der Waals surface area contributed by atoms with Crippen LogP contribution in [0.4, 0.5) is 15.8 Å². The number of hydrogen-bond donors (Lipinski definition) is 2. The fourth-order valence-corrected chi connectivity index (χ4v) is 2.54. The van der Waals surface area contributed by atoms with E-state index in [9.17, 15) is 9.18 Å². The first-order chi connectivity index (χ1) is 13.0. The maximum absolute atomic E-state index is 13.2. The molecule has 0 saturated heterocycles. The Kier molecular flexibility index (Phi) is 5.88. The van der Waals surface area contributed by atoms with Crippen LogP contribution in [0.15, 0.2) is 60.8 Å². The number of rotatable bonds is 6. The molecule has 2 aromatic carbocycles. The molecule has 0 aliphatic rings. The first-order valence-electron chi connectivity index (χ1n) is 8.14. The van der Waals surface area contributed by atoms with Crippen LogP contribution in [-0.2, 0) is 6.54 Å². The lowest BCUT2D eigenvalue weighted by Gasteiger charge is -2.08. The lowest BCUT2D eigenvalue weighted by molar-refractivity contribution is 0.0946. The largest absolute Gasteiger partial charge is 0.497 e. The molecule has 0 atom stereocenters. The fraction of sp³-hybridized carbons (Fsp3) is 0.100. The van der Waals surface area contributed by atoms with Crippen molar-refractivity contribution in [2.45, 2.75) is 6.54 Å². The highest BCUT2D eigenvalue weighted by Gasteiger charge is 2.08. The number of amides is 1. The Balaban J connectivity index is 1.58. The van der Waals surface area contributed by atoms with E-state index in [1.165, 1.54) is 18.3 Å². The summed E-state index contributed by atoms with van der Waals surface area (Å²) >= 11 is 5.76. The molecule has 0 fully saturated rings. The number of carbonyl (C=O) groups excluding carboxylic acids is 1. The molecule has 1 aromatic heterocycles. The van der Waals surface area contributed by atoms with E-state index in [-0.39, 0.29) is 10.9 Å². The van der Waals surface area contributed by atoms with Crippen molar-refractivity contribution in [2.24, 2.45) is 0 Å². The van der Waals surface area contributed by atoms with Crippen molar-refractivity contribution in [3.63, 3.8) is 0 Å². The summed E-state index contributed by atoms with van der Waals surface area (Å²) in [6.07, 6.45) is 1.53. The number of methoxy groups -OCH3 is 1. The molecule has 138 valence electrons. The molecule has 5 nitrogen and oxygen atoms in total. The quantitative estimate of drug-likeness (QED) is 0.653. The minimum absolute atomic E-state index is 0.0301. The highest BCUT2D eigenvalue weighted by atomic mass is 35.5. The Labute approximate surface area is 161 Å². The number of nitrogens with one attached hydrogen (secondary N) is 2. The summed E-state index contributed by atoms with van der Waals surface area (Å²) in [5.74, 6) is 0.00342. The molecule has 1 heterocycles. The van der Waals surface area contributed by atoms with Gasteiger partial charge in [0.25, 0.3) is 5.91 Å². The maximum atomic E-state index is 13.2. The fourth-order valence-electron chi connectivity index (χ4n) is 2.36. The standard InChI is InChI=1S/C20H17ClFN3O2/c1-27-16-6-2-13(3-7-16)11-24-20(26)19-9-5-15(12-23-19)25-14-4-8-18(22)17(21)10-14/h2-10,12,25H,11H2,1H3,(H,24,26). The molecule has 0 radical (unpaired) electrons. The highest BCUT2D eigenvalue weighted by Crippen LogP contribution is 2.22. The molecular weight excluding hydrogens is 369 g/mol. The number of nitrogens with zero attached hydrogens (tertiary/aromatic N) is 1. The first kappa shape index (κ1) is 18.7. The van der Waals surface area contributed by atoms with Gasteiger partial charge in [0, 0.05) is 12.2 Å². The van der Waals surface area contributed by atoms with Crippen LogP contribution < -0.4 is 15.4 Å². The van der Waals surface area contributed by atoms with E-state index in [2.05, 4.69) is 15.6 Å². The highest BCUT2D eigenvalue weighted by molar-refractivity contribution is 6.31. The van der Waals surface area contributed by atoms with Crippen LogP contribution in [0.25, 0.3) is 0 Å². The molecule has 27 heavy (non-hydrogen) atoms. The summed E-state index contributed by atoms with van der Waals surface area (Å²) in [7, 11) is 1.60. The van der Waals surface area contributed by atoms with E-state index in [1.807, 2.05) is 24.3 Å². The van der Waals surface area contributed by atoms with Gasteiger partial charge in [0.15, 0.2) is 0 Å². The average Bonchev–Trinajstić information content (AvgIpc) is 2.70. The zero-order chi connectivity index (χ0) is 19.2. The summed E-state index contributed by atoms with van der Waals surface area (Å²) in [5.41, 5.74) is 2.53. The lowest BCUT2D eigenvalue weighted by atomic mass is 10.2. The summed E-state index contributed by atoms with van der Waals surface area (Å²) in [5, 5.41) is 5.89. The zero-order valence-electron chi connectivity index (χ0n) is 14.5. The van der Waals surface area contributed by atoms with Gasteiger partial charge in [-0.3, -0.25) is 4.79 Å². The van der Waals surface area contributed by atoms with Crippen molar-refractivity contribution in [3.8, 4) is 5.75 Å². The van der Waals surface area contributed by atoms with Crippen molar-refractivity contribution in [1.29, 1.82) is 0 Å². The van der Waals surface area contributed by atoms with Gasteiger partial charge < -0.3 is 15.4 Å². The Bertz CT molecular complexity index is 931. The Morgan fingerprint density at radius 3 is 2.48 bits per heavy atom. The van der Waals surface area contributed by atoms with Crippen LogP contribution in [0.3, 0.4) is 0 Å². The molecule has 0 bridgehead atoms. The molecule has 0 spiro atoms. The van der Waals surface area contributed by atoms with Crippen molar-refractivity contribution in [2.75, 3.05) is 12.4 Å². The van der Waals surface area contributed by atoms with Crippen LogP contribution in [-0.4, -0.2) is 18.0 Å². The van der Waals surface area contributed by atoms with E-state index in [1.54, 1.807) is 25.3 Å².